The number of hydrogen-bond acceptors (Lipinski definition) is 5. The highest BCUT2D eigenvalue weighted by atomic mass is 16.5. The van der Waals surface area contributed by atoms with E-state index in [0.717, 1.165) is 0 Å². The van der Waals surface area contributed by atoms with Crippen molar-refractivity contribution in [3.05, 3.63) is 23.9 Å². The Bertz CT molecular complexity index is 462. The zero-order valence-corrected chi connectivity index (χ0v) is 11.0. The Balaban J connectivity index is 2.83. The predicted octanol–water partition coefficient (Wildman–Crippen LogP) is 0.689. The number of ether oxygens (including phenoxy) is 1. The topological polar surface area (TPSA) is 101 Å². The van der Waals surface area contributed by atoms with Crippen LogP contribution in [-0.2, 0) is 0 Å². The van der Waals surface area contributed by atoms with E-state index >= 15 is 0 Å². The second kappa shape index (κ2) is 7.20. The summed E-state index contributed by atoms with van der Waals surface area (Å²) in [5.74, 6) is 0.178. The molecule has 0 spiro atoms. The van der Waals surface area contributed by atoms with Gasteiger partial charge in [0.25, 0.3) is 5.91 Å². The Labute approximate surface area is 111 Å². The molecule has 1 aromatic heterocycles. The molecule has 0 aliphatic carbocycles. The van der Waals surface area contributed by atoms with Gasteiger partial charge >= 0.3 is 0 Å². The molecule has 1 heterocycles. The summed E-state index contributed by atoms with van der Waals surface area (Å²) >= 11 is 0. The van der Waals surface area contributed by atoms with Gasteiger partial charge < -0.3 is 20.6 Å². The fourth-order valence-corrected chi connectivity index (χ4v) is 1.59. The molecule has 1 aromatic rings. The van der Waals surface area contributed by atoms with E-state index < -0.39 is 0 Å². The Hall–Kier alpha value is -2.31. The van der Waals surface area contributed by atoms with Crippen molar-refractivity contribution in [1.29, 1.82) is 0 Å². The zero-order valence-electron chi connectivity index (χ0n) is 11.0. The third-order valence-electron chi connectivity index (χ3n) is 2.63. The van der Waals surface area contributed by atoms with Crippen LogP contribution in [0.1, 0.15) is 23.7 Å². The molecule has 1 rings (SSSR count). The van der Waals surface area contributed by atoms with E-state index in [4.69, 9.17) is 15.7 Å². The second-order valence-electron chi connectivity index (χ2n) is 3.79. The Morgan fingerprint density at radius 2 is 2.37 bits per heavy atom. The highest BCUT2D eigenvalue weighted by Gasteiger charge is 2.18. The fourth-order valence-electron chi connectivity index (χ4n) is 1.59. The number of oxime groups is 1. The second-order valence-corrected chi connectivity index (χ2v) is 3.79. The highest BCUT2D eigenvalue weighted by molar-refractivity contribution is 5.96. The zero-order chi connectivity index (χ0) is 14.3. The molecule has 0 aliphatic heterocycles. The average Bonchev–Trinajstić information content (AvgIpc) is 2.47. The summed E-state index contributed by atoms with van der Waals surface area (Å²) in [6, 6.07) is 3.33. The summed E-state index contributed by atoms with van der Waals surface area (Å²) in [4.78, 5) is 17.9. The van der Waals surface area contributed by atoms with Crippen molar-refractivity contribution < 1.29 is 14.7 Å². The third kappa shape index (κ3) is 3.84. The van der Waals surface area contributed by atoms with Gasteiger partial charge in [0.1, 0.15) is 11.4 Å². The maximum atomic E-state index is 12.3. The lowest BCUT2D eigenvalue weighted by Crippen LogP contribution is -2.34. The normalized spacial score (nSPS) is 11.2. The van der Waals surface area contributed by atoms with Crippen LogP contribution in [0.2, 0.25) is 0 Å². The first-order valence-electron chi connectivity index (χ1n) is 5.88. The Morgan fingerprint density at radius 1 is 1.63 bits per heavy atom. The number of carbonyl (C=O) groups excluding carboxylic acids is 1. The van der Waals surface area contributed by atoms with Gasteiger partial charge in [-0.25, -0.2) is 4.98 Å². The summed E-state index contributed by atoms with van der Waals surface area (Å²) in [5, 5.41) is 11.4. The number of carbonyl (C=O) groups is 1. The minimum atomic E-state index is -0.196. The van der Waals surface area contributed by atoms with Gasteiger partial charge in [0.05, 0.1) is 7.11 Å². The van der Waals surface area contributed by atoms with E-state index in [1.54, 1.807) is 23.2 Å². The summed E-state index contributed by atoms with van der Waals surface area (Å²) in [6.07, 6.45) is 1.86. The van der Waals surface area contributed by atoms with Crippen molar-refractivity contribution in [1.82, 2.24) is 9.88 Å². The van der Waals surface area contributed by atoms with E-state index in [0.29, 0.717) is 25.1 Å². The maximum absolute atomic E-state index is 12.3. The van der Waals surface area contributed by atoms with Gasteiger partial charge in [-0.2, -0.15) is 0 Å². The Morgan fingerprint density at radius 3 is 2.95 bits per heavy atom. The summed E-state index contributed by atoms with van der Waals surface area (Å²) in [5.41, 5.74) is 5.79. The van der Waals surface area contributed by atoms with E-state index in [1.807, 2.05) is 6.92 Å². The molecular weight excluding hydrogens is 248 g/mol. The molecule has 0 radical (unpaired) electrons. The lowest BCUT2D eigenvalue weighted by molar-refractivity contribution is 0.0764. The number of amidine groups is 1. The minimum absolute atomic E-state index is 0.0874. The van der Waals surface area contributed by atoms with Crippen LogP contribution in [0.5, 0.6) is 5.88 Å². The van der Waals surface area contributed by atoms with Crippen LogP contribution in [0.15, 0.2) is 23.5 Å². The van der Waals surface area contributed by atoms with Crippen LogP contribution >= 0.6 is 0 Å². The van der Waals surface area contributed by atoms with Crippen LogP contribution in [0.3, 0.4) is 0 Å². The van der Waals surface area contributed by atoms with Gasteiger partial charge in [0.15, 0.2) is 0 Å². The van der Waals surface area contributed by atoms with E-state index in [1.165, 1.54) is 7.11 Å². The van der Waals surface area contributed by atoms with Crippen LogP contribution in [0.4, 0.5) is 0 Å². The molecule has 0 aromatic carbocycles. The molecule has 7 heteroatoms. The molecule has 19 heavy (non-hydrogen) atoms. The molecule has 0 saturated heterocycles. The molecule has 0 unspecified atom stereocenters. The predicted molar refractivity (Wildman–Crippen MR) is 70.4 cm³/mol. The minimum Gasteiger partial charge on any atom is -0.480 e. The first-order chi connectivity index (χ1) is 9.13. The molecule has 0 atom stereocenters. The van der Waals surface area contributed by atoms with Crippen molar-refractivity contribution in [2.75, 3.05) is 20.2 Å². The summed E-state index contributed by atoms with van der Waals surface area (Å²) in [6.45, 7) is 2.73. The van der Waals surface area contributed by atoms with E-state index in [2.05, 4.69) is 10.1 Å². The largest absolute Gasteiger partial charge is 0.480 e. The SMILES string of the molecule is CCN(CCC(N)=NO)C(=O)c1cccnc1OC. The van der Waals surface area contributed by atoms with Crippen molar-refractivity contribution in [2.24, 2.45) is 10.9 Å². The molecule has 7 nitrogen and oxygen atoms in total. The number of aromatic nitrogens is 1. The Kier molecular flexibility index (Phi) is 5.59. The number of amides is 1. The van der Waals surface area contributed by atoms with Gasteiger partial charge in [-0.1, -0.05) is 5.16 Å². The van der Waals surface area contributed by atoms with Crippen molar-refractivity contribution in [2.45, 2.75) is 13.3 Å². The molecular formula is C12H18N4O3. The van der Waals surface area contributed by atoms with Crippen molar-refractivity contribution >= 4 is 11.7 Å². The average molecular weight is 266 g/mol. The lowest BCUT2D eigenvalue weighted by Gasteiger charge is -2.21. The summed E-state index contributed by atoms with van der Waals surface area (Å²) in [7, 11) is 1.46. The number of nitrogens with zero attached hydrogens (tertiary/aromatic N) is 3. The molecule has 1 amide bonds. The van der Waals surface area contributed by atoms with Gasteiger partial charge in [-0.15, -0.1) is 0 Å². The lowest BCUT2D eigenvalue weighted by atomic mass is 10.2. The molecule has 0 aliphatic rings. The molecule has 0 saturated carbocycles. The van der Waals surface area contributed by atoms with Crippen LogP contribution < -0.4 is 10.5 Å². The smallest absolute Gasteiger partial charge is 0.259 e. The van der Waals surface area contributed by atoms with Crippen molar-refractivity contribution in [3.8, 4) is 5.88 Å². The van der Waals surface area contributed by atoms with Crippen molar-refractivity contribution in [3.63, 3.8) is 0 Å². The van der Waals surface area contributed by atoms with Crippen LogP contribution in [0.25, 0.3) is 0 Å². The highest BCUT2D eigenvalue weighted by Crippen LogP contribution is 2.16. The quantitative estimate of drug-likeness (QED) is 0.341. The fraction of sp³-hybridized carbons (Fsp3) is 0.417. The van der Waals surface area contributed by atoms with E-state index in [9.17, 15) is 4.79 Å². The first-order valence-corrected chi connectivity index (χ1v) is 5.88. The molecule has 0 bridgehead atoms. The monoisotopic (exact) mass is 266 g/mol. The first kappa shape index (κ1) is 14.7. The number of rotatable bonds is 6. The standard InChI is InChI=1S/C12H18N4O3/c1-3-16(8-6-10(13)15-18)12(17)9-5-4-7-14-11(9)19-2/h4-5,7,18H,3,6,8H2,1-2H3,(H2,13,15). The molecule has 3 N–H and O–H groups in total. The maximum Gasteiger partial charge on any atom is 0.259 e. The number of methoxy groups -OCH3 is 1. The van der Waals surface area contributed by atoms with Gasteiger partial charge in [-0.3, -0.25) is 4.79 Å². The van der Waals surface area contributed by atoms with Crippen LogP contribution in [-0.4, -0.2) is 47.0 Å². The molecule has 104 valence electrons. The van der Waals surface area contributed by atoms with Gasteiger partial charge in [-0.05, 0) is 19.1 Å². The number of pyridine rings is 1. The van der Waals surface area contributed by atoms with E-state index in [-0.39, 0.29) is 17.6 Å². The number of hydrogen-bond donors (Lipinski definition) is 2. The molecule has 0 fully saturated rings. The van der Waals surface area contributed by atoms with Gasteiger partial charge in [0, 0.05) is 25.7 Å². The third-order valence-corrected chi connectivity index (χ3v) is 2.63. The summed E-state index contributed by atoms with van der Waals surface area (Å²) < 4.78 is 5.06. The van der Waals surface area contributed by atoms with Crippen LogP contribution in [0, 0.1) is 0 Å². The number of nitrogens with two attached hydrogens (primary N) is 1. The van der Waals surface area contributed by atoms with Gasteiger partial charge in [0.2, 0.25) is 5.88 Å².